The minimum Gasteiger partial charge on any atom is -0.444 e. The lowest BCUT2D eigenvalue weighted by Crippen LogP contribution is -2.56. The SMILES string of the molecule is Cc1cc(C)cc(C(C(=O)NC2CCCCC2)N(C(=O)C(CCC(N)=O)NC(=O)OC(C)(C)C)C(C)C)c1. The number of hydrogen-bond donors (Lipinski definition) is 3. The van der Waals surface area contributed by atoms with Crippen molar-refractivity contribution < 1.29 is 23.9 Å². The molecule has 0 heterocycles. The van der Waals surface area contributed by atoms with Gasteiger partial charge < -0.3 is 26.0 Å². The molecule has 9 heteroatoms. The smallest absolute Gasteiger partial charge is 0.408 e. The molecule has 0 spiro atoms. The number of alkyl carbamates (subject to hydrolysis) is 1. The molecule has 4 amide bonds. The lowest BCUT2D eigenvalue weighted by atomic mass is 9.93. The van der Waals surface area contributed by atoms with E-state index >= 15 is 0 Å². The highest BCUT2D eigenvalue weighted by atomic mass is 16.6. The van der Waals surface area contributed by atoms with Crippen LogP contribution in [0, 0.1) is 13.8 Å². The monoisotopic (exact) mass is 530 g/mol. The van der Waals surface area contributed by atoms with Crippen LogP contribution in [0.3, 0.4) is 0 Å². The number of primary amides is 1. The van der Waals surface area contributed by atoms with E-state index in [0.717, 1.165) is 43.2 Å². The number of hydrogen-bond acceptors (Lipinski definition) is 5. The third kappa shape index (κ3) is 9.65. The number of benzene rings is 1. The molecule has 0 radical (unpaired) electrons. The van der Waals surface area contributed by atoms with Crippen LogP contribution in [0.4, 0.5) is 4.79 Å². The third-order valence-electron chi connectivity index (χ3n) is 6.52. The van der Waals surface area contributed by atoms with Crippen molar-refractivity contribution in [3.63, 3.8) is 0 Å². The molecule has 212 valence electrons. The molecule has 9 nitrogen and oxygen atoms in total. The Morgan fingerprint density at radius 2 is 1.61 bits per heavy atom. The molecule has 1 fully saturated rings. The van der Waals surface area contributed by atoms with Crippen molar-refractivity contribution in [1.82, 2.24) is 15.5 Å². The first-order valence-electron chi connectivity index (χ1n) is 13.7. The van der Waals surface area contributed by atoms with Gasteiger partial charge in [-0.05, 0) is 73.3 Å². The fraction of sp³-hybridized carbons (Fsp3) is 0.655. The molecule has 4 N–H and O–H groups in total. The third-order valence-corrected chi connectivity index (χ3v) is 6.52. The molecular formula is C29H46N4O5. The topological polar surface area (TPSA) is 131 Å². The summed E-state index contributed by atoms with van der Waals surface area (Å²) in [5.41, 5.74) is 7.25. The number of nitrogens with zero attached hydrogens (tertiary/aromatic N) is 1. The molecule has 38 heavy (non-hydrogen) atoms. The Balaban J connectivity index is 2.49. The van der Waals surface area contributed by atoms with Crippen molar-refractivity contribution in [1.29, 1.82) is 0 Å². The zero-order valence-corrected chi connectivity index (χ0v) is 24.1. The van der Waals surface area contributed by atoms with Crippen LogP contribution >= 0.6 is 0 Å². The summed E-state index contributed by atoms with van der Waals surface area (Å²) in [6, 6.07) is 3.50. The quantitative estimate of drug-likeness (QED) is 0.417. The number of carbonyl (C=O) groups excluding carboxylic acids is 4. The van der Waals surface area contributed by atoms with Gasteiger partial charge in [0.1, 0.15) is 17.7 Å². The summed E-state index contributed by atoms with van der Waals surface area (Å²) in [5, 5.41) is 5.81. The number of nitrogens with one attached hydrogen (secondary N) is 2. The predicted molar refractivity (Wildman–Crippen MR) is 147 cm³/mol. The largest absolute Gasteiger partial charge is 0.444 e. The van der Waals surface area contributed by atoms with Crippen molar-refractivity contribution in [2.45, 2.75) is 123 Å². The van der Waals surface area contributed by atoms with E-state index in [1.54, 1.807) is 20.8 Å². The molecule has 1 aromatic carbocycles. The summed E-state index contributed by atoms with van der Waals surface area (Å²) in [6.07, 6.45) is 4.17. The van der Waals surface area contributed by atoms with Gasteiger partial charge in [-0.1, -0.05) is 48.6 Å². The van der Waals surface area contributed by atoms with E-state index in [4.69, 9.17) is 10.5 Å². The average molecular weight is 531 g/mol. The van der Waals surface area contributed by atoms with Gasteiger partial charge in [0, 0.05) is 18.5 Å². The number of amides is 4. The molecule has 1 aliphatic rings. The highest BCUT2D eigenvalue weighted by Gasteiger charge is 2.38. The van der Waals surface area contributed by atoms with Crippen LogP contribution in [0.1, 0.15) is 102 Å². The Morgan fingerprint density at radius 1 is 1.03 bits per heavy atom. The molecule has 0 saturated heterocycles. The van der Waals surface area contributed by atoms with Crippen molar-refractivity contribution in [3.05, 3.63) is 34.9 Å². The zero-order valence-electron chi connectivity index (χ0n) is 24.1. The second-order valence-corrected chi connectivity index (χ2v) is 11.7. The van der Waals surface area contributed by atoms with Gasteiger partial charge in [-0.25, -0.2) is 4.79 Å². The van der Waals surface area contributed by atoms with Crippen LogP contribution in [0.25, 0.3) is 0 Å². The summed E-state index contributed by atoms with van der Waals surface area (Å²) >= 11 is 0. The maximum Gasteiger partial charge on any atom is 0.408 e. The van der Waals surface area contributed by atoms with E-state index in [1.165, 1.54) is 4.90 Å². The fourth-order valence-electron chi connectivity index (χ4n) is 4.99. The van der Waals surface area contributed by atoms with E-state index in [-0.39, 0.29) is 30.8 Å². The van der Waals surface area contributed by atoms with Gasteiger partial charge in [-0.15, -0.1) is 0 Å². The summed E-state index contributed by atoms with van der Waals surface area (Å²) in [7, 11) is 0. The molecule has 1 saturated carbocycles. The van der Waals surface area contributed by atoms with E-state index in [1.807, 2.05) is 45.9 Å². The van der Waals surface area contributed by atoms with Gasteiger partial charge in [-0.2, -0.15) is 0 Å². The maximum atomic E-state index is 14.1. The second-order valence-electron chi connectivity index (χ2n) is 11.7. The first-order valence-corrected chi connectivity index (χ1v) is 13.7. The van der Waals surface area contributed by atoms with E-state index in [0.29, 0.717) is 5.56 Å². The average Bonchev–Trinajstić information content (AvgIpc) is 2.78. The minimum absolute atomic E-state index is 0.0135. The predicted octanol–water partition coefficient (Wildman–Crippen LogP) is 4.19. The standard InChI is InChI=1S/C29H46N4O5/c1-18(2)33(27(36)23(13-14-24(30)34)32-28(37)38-29(5,6)7)25(21-16-19(3)15-20(4)17-21)26(35)31-22-11-9-8-10-12-22/h15-18,22-23,25H,8-14H2,1-7H3,(H2,30,34)(H,31,35)(H,32,37). The lowest BCUT2D eigenvalue weighted by molar-refractivity contribution is -0.145. The Morgan fingerprint density at radius 3 is 2.11 bits per heavy atom. The maximum absolute atomic E-state index is 14.1. The molecule has 0 aromatic heterocycles. The van der Waals surface area contributed by atoms with Crippen LogP contribution in [-0.4, -0.2) is 52.4 Å². The summed E-state index contributed by atoms with van der Waals surface area (Å²) < 4.78 is 5.37. The van der Waals surface area contributed by atoms with E-state index in [2.05, 4.69) is 10.6 Å². The Kier molecular flexibility index (Phi) is 11.2. The van der Waals surface area contributed by atoms with Crippen molar-refractivity contribution in [3.8, 4) is 0 Å². The highest BCUT2D eigenvalue weighted by molar-refractivity contribution is 5.92. The van der Waals surface area contributed by atoms with E-state index < -0.39 is 35.6 Å². The molecule has 2 unspecified atom stereocenters. The molecule has 2 atom stereocenters. The van der Waals surface area contributed by atoms with Crippen molar-refractivity contribution in [2.24, 2.45) is 5.73 Å². The van der Waals surface area contributed by atoms with Gasteiger partial charge >= 0.3 is 6.09 Å². The minimum atomic E-state index is -1.10. The van der Waals surface area contributed by atoms with Gasteiger partial charge in [0.25, 0.3) is 0 Å². The molecule has 0 bridgehead atoms. The van der Waals surface area contributed by atoms with Crippen molar-refractivity contribution >= 4 is 23.8 Å². The van der Waals surface area contributed by atoms with Gasteiger partial charge in [0.2, 0.25) is 17.7 Å². The molecule has 2 rings (SSSR count). The lowest BCUT2D eigenvalue weighted by Gasteiger charge is -2.38. The first kappa shape index (κ1) is 31.1. The molecule has 0 aliphatic heterocycles. The van der Waals surface area contributed by atoms with Gasteiger partial charge in [0.05, 0.1) is 0 Å². The summed E-state index contributed by atoms with van der Waals surface area (Å²) in [5.74, 6) is -1.32. The summed E-state index contributed by atoms with van der Waals surface area (Å²) in [6.45, 7) is 12.7. The molecular weight excluding hydrogens is 484 g/mol. The number of nitrogens with two attached hydrogens (primary N) is 1. The Labute approximate surface area is 227 Å². The fourth-order valence-corrected chi connectivity index (χ4v) is 4.99. The van der Waals surface area contributed by atoms with Crippen molar-refractivity contribution in [2.75, 3.05) is 0 Å². The normalized spacial score (nSPS) is 15.9. The summed E-state index contributed by atoms with van der Waals surface area (Å²) in [4.78, 5) is 53.7. The number of ether oxygens (including phenoxy) is 1. The van der Waals surface area contributed by atoms with Crippen LogP contribution in [0.2, 0.25) is 0 Å². The Bertz CT molecular complexity index is 975. The van der Waals surface area contributed by atoms with Gasteiger partial charge in [-0.3, -0.25) is 14.4 Å². The van der Waals surface area contributed by atoms with Gasteiger partial charge in [0.15, 0.2) is 0 Å². The Hall–Kier alpha value is -3.10. The molecule has 1 aliphatic carbocycles. The van der Waals surface area contributed by atoms with Crippen LogP contribution < -0.4 is 16.4 Å². The van der Waals surface area contributed by atoms with E-state index in [9.17, 15) is 19.2 Å². The number of carbonyl (C=O) groups is 4. The highest BCUT2D eigenvalue weighted by Crippen LogP contribution is 2.28. The van der Waals surface area contributed by atoms with Crippen LogP contribution in [-0.2, 0) is 19.1 Å². The second kappa shape index (κ2) is 13.6. The zero-order chi connectivity index (χ0) is 28.6. The van der Waals surface area contributed by atoms with Crippen LogP contribution in [0.5, 0.6) is 0 Å². The van der Waals surface area contributed by atoms with Crippen LogP contribution in [0.15, 0.2) is 18.2 Å². The molecule has 1 aromatic rings. The number of aryl methyl sites for hydroxylation is 2. The first-order chi connectivity index (χ1) is 17.7. The number of rotatable bonds is 10.